The van der Waals surface area contributed by atoms with Crippen LogP contribution in [0.2, 0.25) is 0 Å². The highest BCUT2D eigenvalue weighted by Gasteiger charge is 2.23. The van der Waals surface area contributed by atoms with E-state index in [0.717, 1.165) is 30.2 Å². The van der Waals surface area contributed by atoms with Gasteiger partial charge in [0.2, 0.25) is 0 Å². The molecule has 1 unspecified atom stereocenters. The third-order valence-corrected chi connectivity index (χ3v) is 5.52. The molecule has 1 aliphatic heterocycles. The molecule has 1 saturated heterocycles. The number of likely N-dealkylation sites (N-methyl/N-ethyl adjacent to an activating group) is 2. The molecule has 0 radical (unpaired) electrons. The molecule has 3 rings (SSSR count). The maximum atomic E-state index is 13.0. The van der Waals surface area contributed by atoms with Crippen LogP contribution in [0.5, 0.6) is 0 Å². The first-order valence-corrected chi connectivity index (χ1v) is 9.19. The molecule has 0 aliphatic carbocycles. The van der Waals surface area contributed by atoms with E-state index in [2.05, 4.69) is 34.2 Å². The zero-order valence-corrected chi connectivity index (χ0v) is 15.4. The molecule has 134 valence electrons. The van der Waals surface area contributed by atoms with Gasteiger partial charge in [0.05, 0.1) is 11.2 Å². The maximum absolute atomic E-state index is 13.0. The fraction of sp³-hybridized carbons (Fsp3) is 0.444. The Labute approximate surface area is 151 Å². The zero-order chi connectivity index (χ0) is 17.8. The van der Waals surface area contributed by atoms with E-state index in [0.29, 0.717) is 23.9 Å². The minimum atomic E-state index is -0.249. The van der Waals surface area contributed by atoms with Crippen LogP contribution in [0, 0.1) is 5.82 Å². The van der Waals surface area contributed by atoms with Crippen molar-refractivity contribution >= 4 is 17.2 Å². The van der Waals surface area contributed by atoms with Crippen molar-refractivity contribution in [2.75, 3.05) is 40.3 Å². The summed E-state index contributed by atoms with van der Waals surface area (Å²) in [5.74, 6) is -0.328. The molecule has 5 nitrogen and oxygen atoms in total. The van der Waals surface area contributed by atoms with Gasteiger partial charge in [-0.05, 0) is 31.8 Å². The van der Waals surface area contributed by atoms with Crippen molar-refractivity contribution in [1.82, 2.24) is 20.1 Å². The van der Waals surface area contributed by atoms with Crippen LogP contribution in [0.3, 0.4) is 0 Å². The summed E-state index contributed by atoms with van der Waals surface area (Å²) in [6.07, 6.45) is 2.23. The number of piperazine rings is 1. The van der Waals surface area contributed by atoms with E-state index >= 15 is 0 Å². The van der Waals surface area contributed by atoms with E-state index < -0.39 is 0 Å². The van der Waals surface area contributed by atoms with Crippen molar-refractivity contribution in [3.05, 3.63) is 51.7 Å². The quantitative estimate of drug-likeness (QED) is 0.882. The van der Waals surface area contributed by atoms with Gasteiger partial charge in [-0.15, -0.1) is 11.3 Å². The Morgan fingerprint density at radius 1 is 1.32 bits per heavy atom. The van der Waals surface area contributed by atoms with E-state index in [1.54, 1.807) is 18.3 Å². The van der Waals surface area contributed by atoms with Crippen molar-refractivity contribution in [3.8, 4) is 0 Å². The van der Waals surface area contributed by atoms with Crippen molar-refractivity contribution in [2.24, 2.45) is 0 Å². The van der Waals surface area contributed by atoms with Gasteiger partial charge in [-0.1, -0.05) is 12.1 Å². The number of nitrogens with one attached hydrogen (secondary N) is 1. The van der Waals surface area contributed by atoms with Crippen LogP contribution < -0.4 is 5.32 Å². The molecular weight excluding hydrogens is 339 g/mol. The fourth-order valence-corrected chi connectivity index (χ4v) is 3.76. The number of hydrogen-bond donors (Lipinski definition) is 1. The van der Waals surface area contributed by atoms with E-state index in [1.165, 1.54) is 23.5 Å². The standard InChI is InChI=1S/C18H23FN4OS/c1-22-7-8-23(2)15(12-22)10-21-18(24)16-11-20-17(25-16)9-13-3-5-14(19)6-4-13/h3-6,11,15H,7-10,12H2,1-2H3,(H,21,24). The summed E-state index contributed by atoms with van der Waals surface area (Å²) in [4.78, 5) is 21.9. The van der Waals surface area contributed by atoms with Gasteiger partial charge in [0, 0.05) is 38.6 Å². The van der Waals surface area contributed by atoms with Gasteiger partial charge < -0.3 is 10.2 Å². The molecule has 1 aromatic carbocycles. The molecule has 1 aliphatic rings. The van der Waals surface area contributed by atoms with E-state index in [-0.39, 0.29) is 11.7 Å². The number of amides is 1. The molecule has 2 heterocycles. The molecule has 0 bridgehead atoms. The lowest BCUT2D eigenvalue weighted by Crippen LogP contribution is -2.54. The summed E-state index contributed by atoms with van der Waals surface area (Å²) in [6.45, 7) is 3.65. The Hall–Kier alpha value is -1.83. The number of carbonyl (C=O) groups is 1. The monoisotopic (exact) mass is 362 g/mol. The first-order chi connectivity index (χ1) is 12.0. The SMILES string of the molecule is CN1CCN(C)C(CNC(=O)c2cnc(Cc3ccc(F)cc3)s2)C1. The van der Waals surface area contributed by atoms with Crippen molar-refractivity contribution in [2.45, 2.75) is 12.5 Å². The predicted molar refractivity (Wildman–Crippen MR) is 97.6 cm³/mol. The summed E-state index contributed by atoms with van der Waals surface area (Å²) in [7, 11) is 4.20. The Kier molecular flexibility index (Phi) is 5.78. The molecular formula is C18H23FN4OS. The van der Waals surface area contributed by atoms with Crippen molar-refractivity contribution in [3.63, 3.8) is 0 Å². The predicted octanol–water partition coefficient (Wildman–Crippen LogP) is 1.85. The molecule has 0 saturated carbocycles. The average Bonchev–Trinajstić information content (AvgIpc) is 3.06. The number of rotatable bonds is 5. The highest BCUT2D eigenvalue weighted by Crippen LogP contribution is 2.17. The van der Waals surface area contributed by atoms with Gasteiger partial charge in [-0.2, -0.15) is 0 Å². The van der Waals surface area contributed by atoms with Gasteiger partial charge in [0.1, 0.15) is 10.7 Å². The number of hydrogen-bond acceptors (Lipinski definition) is 5. The first-order valence-electron chi connectivity index (χ1n) is 8.37. The summed E-state index contributed by atoms with van der Waals surface area (Å²) in [6, 6.07) is 6.69. The van der Waals surface area contributed by atoms with Gasteiger partial charge >= 0.3 is 0 Å². The number of benzene rings is 1. The number of aromatic nitrogens is 1. The molecule has 1 aromatic heterocycles. The Bertz CT molecular complexity index is 718. The number of carbonyl (C=O) groups excluding carboxylic acids is 1. The lowest BCUT2D eigenvalue weighted by Gasteiger charge is -2.37. The molecule has 1 fully saturated rings. The molecule has 0 spiro atoms. The second-order valence-corrected chi connectivity index (χ2v) is 7.64. The van der Waals surface area contributed by atoms with Crippen LogP contribution in [-0.2, 0) is 6.42 Å². The minimum Gasteiger partial charge on any atom is -0.350 e. The van der Waals surface area contributed by atoms with Crippen LogP contribution in [-0.4, -0.2) is 67.0 Å². The molecule has 25 heavy (non-hydrogen) atoms. The van der Waals surface area contributed by atoms with Crippen LogP contribution >= 0.6 is 11.3 Å². The molecule has 1 N–H and O–H groups in total. The largest absolute Gasteiger partial charge is 0.350 e. The van der Waals surface area contributed by atoms with E-state index in [9.17, 15) is 9.18 Å². The highest BCUT2D eigenvalue weighted by atomic mass is 32.1. The lowest BCUT2D eigenvalue weighted by atomic mass is 10.2. The number of halogens is 1. The molecule has 1 atom stereocenters. The normalized spacial score (nSPS) is 19.1. The van der Waals surface area contributed by atoms with Gasteiger partial charge in [0.25, 0.3) is 5.91 Å². The van der Waals surface area contributed by atoms with Crippen LogP contribution in [0.25, 0.3) is 0 Å². The average molecular weight is 362 g/mol. The zero-order valence-electron chi connectivity index (χ0n) is 14.5. The van der Waals surface area contributed by atoms with Crippen LogP contribution in [0.4, 0.5) is 4.39 Å². The molecule has 2 aromatic rings. The van der Waals surface area contributed by atoms with E-state index in [4.69, 9.17) is 0 Å². The Balaban J connectivity index is 1.54. The summed E-state index contributed by atoms with van der Waals surface area (Å²) < 4.78 is 13.0. The summed E-state index contributed by atoms with van der Waals surface area (Å²) >= 11 is 1.39. The first kappa shape index (κ1) is 18.0. The Morgan fingerprint density at radius 3 is 2.84 bits per heavy atom. The topological polar surface area (TPSA) is 48.5 Å². The van der Waals surface area contributed by atoms with Crippen LogP contribution in [0.15, 0.2) is 30.5 Å². The molecule has 1 amide bonds. The third kappa shape index (κ3) is 4.84. The van der Waals surface area contributed by atoms with Gasteiger partial charge in [-0.25, -0.2) is 9.37 Å². The maximum Gasteiger partial charge on any atom is 0.263 e. The second-order valence-electron chi connectivity index (χ2n) is 6.53. The van der Waals surface area contributed by atoms with Crippen LogP contribution in [0.1, 0.15) is 20.2 Å². The molecule has 7 heteroatoms. The van der Waals surface area contributed by atoms with Gasteiger partial charge in [-0.3, -0.25) is 9.69 Å². The number of nitrogens with zero attached hydrogens (tertiary/aromatic N) is 3. The summed E-state index contributed by atoms with van der Waals surface area (Å²) in [5, 5.41) is 3.87. The number of thiazole rings is 1. The minimum absolute atomic E-state index is 0.0792. The fourth-order valence-electron chi connectivity index (χ4n) is 2.89. The summed E-state index contributed by atoms with van der Waals surface area (Å²) in [5.41, 5.74) is 0.981. The highest BCUT2D eigenvalue weighted by molar-refractivity contribution is 7.13. The lowest BCUT2D eigenvalue weighted by molar-refractivity contribution is 0.0884. The third-order valence-electron chi connectivity index (χ3n) is 4.52. The van der Waals surface area contributed by atoms with E-state index in [1.807, 2.05) is 0 Å². The van der Waals surface area contributed by atoms with Crippen molar-refractivity contribution < 1.29 is 9.18 Å². The Morgan fingerprint density at radius 2 is 2.08 bits per heavy atom. The smallest absolute Gasteiger partial charge is 0.263 e. The van der Waals surface area contributed by atoms with Crippen molar-refractivity contribution in [1.29, 1.82) is 0 Å². The van der Waals surface area contributed by atoms with Gasteiger partial charge in [0.15, 0.2) is 0 Å². The second kappa shape index (κ2) is 8.03.